The molecule has 1 N–H and O–H groups in total. The zero-order chi connectivity index (χ0) is 2.71. The Hall–Kier alpha value is 0.932. The first kappa shape index (κ1) is 16.8. The van der Waals surface area contributed by atoms with E-state index in [0.717, 1.165) is 0 Å². The van der Waals surface area contributed by atoms with Crippen molar-refractivity contribution < 1.29 is 36.2 Å². The van der Waals surface area contributed by atoms with E-state index in [1.54, 1.807) is 0 Å². The summed E-state index contributed by atoms with van der Waals surface area (Å²) in [6.45, 7) is 0. The predicted octanol–water partition coefficient (Wildman–Crippen LogP) is -3.93. The summed E-state index contributed by atoms with van der Waals surface area (Å²) in [4.78, 5) is 8.11. The van der Waals surface area contributed by atoms with Crippen LogP contribution in [0.5, 0.6) is 0 Å². The van der Waals surface area contributed by atoms with E-state index in [9.17, 15) is 0 Å². The second-order valence-electron chi connectivity index (χ2n) is 0.0816. The fourth-order valence-corrected chi connectivity index (χ4v) is 0. The summed E-state index contributed by atoms with van der Waals surface area (Å²) in [5.74, 6) is 0. The molecular formula is H5AlNNaO2. The van der Waals surface area contributed by atoms with E-state index in [1.807, 2.05) is 0 Å². The molecule has 26 valence electrons. The monoisotopic (exact) mass is 101 g/mol. The Morgan fingerprint density at radius 2 is 1.80 bits per heavy atom. The quantitative estimate of drug-likeness (QED) is 0.192. The summed E-state index contributed by atoms with van der Waals surface area (Å²) >= 11 is 0. The van der Waals surface area contributed by atoms with Crippen LogP contribution in [-0.2, 0) is 0 Å². The van der Waals surface area contributed by atoms with Gasteiger partial charge in [-0.1, -0.05) is 0 Å². The maximum absolute atomic E-state index is 8.11. The molecule has 0 saturated heterocycles. The molecule has 5 heteroatoms. The van der Waals surface area contributed by atoms with Crippen molar-refractivity contribution in [3.8, 4) is 0 Å². The first-order chi connectivity index (χ1) is 1.41. The van der Waals surface area contributed by atoms with Crippen molar-refractivity contribution in [1.82, 2.24) is 0 Å². The zero-order valence-electron chi connectivity index (χ0n) is 3.30. The van der Waals surface area contributed by atoms with Crippen LogP contribution in [0.2, 0.25) is 0 Å². The van der Waals surface area contributed by atoms with E-state index >= 15 is 0 Å². The summed E-state index contributed by atoms with van der Waals surface area (Å²) in [6.07, 6.45) is 0. The molecule has 0 rings (SSSR count). The van der Waals surface area contributed by atoms with Gasteiger partial charge in [0.2, 0.25) is 0 Å². The van der Waals surface area contributed by atoms with Crippen LogP contribution < -0.4 is 29.6 Å². The maximum atomic E-state index is 8.11. The van der Waals surface area contributed by atoms with Crippen molar-refractivity contribution in [3.05, 3.63) is 4.91 Å². The average Bonchev–Trinajstić information content (AvgIpc) is 0.918. The van der Waals surface area contributed by atoms with E-state index in [2.05, 4.69) is 0 Å². The fourth-order valence-electron chi connectivity index (χ4n) is 0. The van der Waals surface area contributed by atoms with E-state index in [0.29, 0.717) is 0 Å². The van der Waals surface area contributed by atoms with Gasteiger partial charge in [-0.25, -0.2) is 0 Å². The van der Waals surface area contributed by atoms with Crippen LogP contribution in [0, 0.1) is 4.91 Å². The van der Waals surface area contributed by atoms with Crippen LogP contribution in [0.1, 0.15) is 1.43 Å². The summed E-state index contributed by atoms with van der Waals surface area (Å²) in [7, 11) is 0. The second kappa shape index (κ2) is 20.4. The summed E-state index contributed by atoms with van der Waals surface area (Å²) in [5, 5.41) is 7.89. The number of hydrogen-bond donors (Lipinski definition) is 1. The van der Waals surface area contributed by atoms with E-state index < -0.39 is 0 Å². The molecule has 3 nitrogen and oxygen atoms in total. The maximum Gasteiger partial charge on any atom is 1.00 e. The SMILES string of the molecule is O=NO.[AlH3].[H-].[Na+]. The molecule has 0 fully saturated rings. The average molecular weight is 101 g/mol. The van der Waals surface area contributed by atoms with Gasteiger partial charge in [0.1, 0.15) is 0 Å². The summed E-state index contributed by atoms with van der Waals surface area (Å²) in [5.41, 5.74) is 0. The summed E-state index contributed by atoms with van der Waals surface area (Å²) in [6, 6.07) is 0. The second-order valence-corrected chi connectivity index (χ2v) is 0.0816. The Labute approximate surface area is 63.6 Å². The molecule has 0 heterocycles. The Kier molecular flexibility index (Phi) is 68.6. The van der Waals surface area contributed by atoms with Crippen LogP contribution in [0.15, 0.2) is 5.34 Å². The van der Waals surface area contributed by atoms with Gasteiger partial charge < -0.3 is 6.63 Å². The predicted molar refractivity (Wildman–Crippen MR) is 18.6 cm³/mol. The minimum absolute atomic E-state index is 0. The Morgan fingerprint density at radius 1 is 1.80 bits per heavy atom. The van der Waals surface area contributed by atoms with Crippen molar-refractivity contribution in [3.63, 3.8) is 0 Å². The van der Waals surface area contributed by atoms with Gasteiger partial charge in [0, 0.05) is 0 Å². The molecule has 0 aliphatic carbocycles. The van der Waals surface area contributed by atoms with Gasteiger partial charge >= 0.3 is 29.6 Å². The molecule has 0 aromatic carbocycles. The Balaban J connectivity index is -0.00000000667. The van der Waals surface area contributed by atoms with Crippen LogP contribution in [0.25, 0.3) is 0 Å². The molecule has 0 aliphatic heterocycles. The molecule has 0 spiro atoms. The Bertz CT molecular complexity index is 21.0. The third-order valence-electron chi connectivity index (χ3n) is 0. The largest absolute Gasteiger partial charge is 1.00 e. The summed E-state index contributed by atoms with van der Waals surface area (Å²) < 4.78 is 0. The van der Waals surface area contributed by atoms with E-state index in [-0.39, 0.29) is 48.3 Å². The number of hydrogen-bond acceptors (Lipinski definition) is 2. The van der Waals surface area contributed by atoms with Gasteiger partial charge in [0.25, 0.3) is 0 Å². The molecule has 5 heavy (non-hydrogen) atoms. The molecule has 0 amide bonds. The minimum atomic E-state index is 0. The van der Waals surface area contributed by atoms with Crippen LogP contribution in [0.3, 0.4) is 0 Å². The molecule has 0 radical (unpaired) electrons. The van der Waals surface area contributed by atoms with Gasteiger partial charge in [-0.2, -0.15) is 0 Å². The molecule has 0 aliphatic rings. The first-order valence-corrected chi connectivity index (χ1v) is 0.383. The van der Waals surface area contributed by atoms with Crippen LogP contribution in [-0.4, -0.2) is 22.6 Å². The Morgan fingerprint density at radius 3 is 1.80 bits per heavy atom. The fraction of sp³-hybridized carbons (Fsp3) is 0. The third kappa shape index (κ3) is 48.8. The van der Waals surface area contributed by atoms with Gasteiger partial charge in [-0.05, 0) is 0 Å². The van der Waals surface area contributed by atoms with Crippen molar-refractivity contribution in [2.75, 3.05) is 0 Å². The minimum Gasteiger partial charge on any atom is -1.00 e. The van der Waals surface area contributed by atoms with Gasteiger partial charge in [-0.3, -0.25) is 0 Å². The molecule has 0 atom stereocenters. The van der Waals surface area contributed by atoms with E-state index in [4.69, 9.17) is 10.1 Å². The normalized spacial score (nSPS) is 2.40. The first-order valence-electron chi connectivity index (χ1n) is 0.383. The van der Waals surface area contributed by atoms with Crippen molar-refractivity contribution in [1.29, 1.82) is 0 Å². The zero-order valence-corrected chi connectivity index (χ0v) is 4.30. The number of rotatable bonds is 0. The van der Waals surface area contributed by atoms with Crippen molar-refractivity contribution >= 4 is 17.4 Å². The van der Waals surface area contributed by atoms with Crippen molar-refractivity contribution in [2.24, 2.45) is 5.34 Å². The van der Waals surface area contributed by atoms with Gasteiger partial charge in [-0.15, -0.1) is 4.91 Å². The number of nitrogens with zero attached hydrogens (tertiary/aromatic N) is 1. The molecule has 0 bridgehead atoms. The van der Waals surface area contributed by atoms with Crippen molar-refractivity contribution in [2.45, 2.75) is 0 Å². The molecular weight excluding hydrogens is 96.0 g/mol. The van der Waals surface area contributed by atoms with Crippen LogP contribution in [0.4, 0.5) is 0 Å². The van der Waals surface area contributed by atoms with E-state index in [1.165, 1.54) is 5.34 Å². The standard InChI is InChI=1S/Al.HNO2.Na.4H/c;2-1-3;;;;;/h;(H,2,3);;;;;/q;;+1;;;;-1. The molecule has 0 aromatic rings. The topological polar surface area (TPSA) is 49.7 Å². The van der Waals surface area contributed by atoms with Gasteiger partial charge in [0.05, 0.1) is 0 Å². The van der Waals surface area contributed by atoms with Gasteiger partial charge in [0.15, 0.2) is 22.7 Å². The molecule has 0 saturated carbocycles. The molecule has 0 unspecified atom stereocenters. The van der Waals surface area contributed by atoms with Crippen LogP contribution >= 0.6 is 0 Å². The third-order valence-corrected chi connectivity index (χ3v) is 0. The smallest absolute Gasteiger partial charge is 1.00 e. The molecule has 0 aromatic heterocycles.